The fraction of sp³-hybridized carbons (Fsp3) is 0.562. The minimum Gasteiger partial charge on any atom is -0.496 e. The van der Waals surface area contributed by atoms with E-state index >= 15 is 0 Å². The maximum absolute atomic E-state index is 10.8. The van der Waals surface area contributed by atoms with Crippen molar-refractivity contribution in [3.05, 3.63) is 23.8 Å². The first-order valence-electron chi connectivity index (χ1n) is 7.51. The number of ether oxygens (including phenoxy) is 1. The normalized spacial score (nSPS) is 12.0. The van der Waals surface area contributed by atoms with Crippen molar-refractivity contribution in [2.24, 2.45) is 5.73 Å². The first-order valence-corrected chi connectivity index (χ1v) is 7.51. The Hall–Kier alpha value is -1.79. The van der Waals surface area contributed by atoms with Crippen LogP contribution in [0, 0.1) is 0 Å². The van der Waals surface area contributed by atoms with Crippen molar-refractivity contribution < 1.29 is 19.7 Å². The molecule has 0 bridgehead atoms. The van der Waals surface area contributed by atoms with Crippen molar-refractivity contribution in [3.8, 4) is 5.75 Å². The van der Waals surface area contributed by atoms with Gasteiger partial charge in [-0.2, -0.15) is 0 Å². The van der Waals surface area contributed by atoms with Crippen molar-refractivity contribution in [2.45, 2.75) is 32.2 Å². The fourth-order valence-corrected chi connectivity index (χ4v) is 2.46. The Balaban J connectivity index is 2.98. The molecule has 124 valence electrons. The molecular weight excluding hydrogens is 284 g/mol. The second kappa shape index (κ2) is 9.27. The number of aliphatic hydroxyl groups is 1. The number of methoxy groups -OCH3 is 1. The van der Waals surface area contributed by atoms with Crippen LogP contribution >= 0.6 is 0 Å². The van der Waals surface area contributed by atoms with Crippen LogP contribution in [0.25, 0.3) is 0 Å². The molecule has 1 unspecified atom stereocenters. The van der Waals surface area contributed by atoms with Gasteiger partial charge in [0.2, 0.25) is 0 Å². The Bertz CT molecular complexity index is 473. The lowest BCUT2D eigenvalue weighted by Crippen LogP contribution is -2.28. The summed E-state index contributed by atoms with van der Waals surface area (Å²) in [5, 5.41) is 18.0. The van der Waals surface area contributed by atoms with Crippen LogP contribution in [0.1, 0.15) is 25.3 Å². The molecular formula is C16H26N2O4. The quantitative estimate of drug-likeness (QED) is 0.602. The van der Waals surface area contributed by atoms with E-state index in [-0.39, 0.29) is 13.0 Å². The van der Waals surface area contributed by atoms with Gasteiger partial charge in [-0.25, -0.2) is 0 Å². The van der Waals surface area contributed by atoms with Gasteiger partial charge in [-0.3, -0.25) is 4.79 Å². The molecule has 6 nitrogen and oxygen atoms in total. The van der Waals surface area contributed by atoms with Crippen LogP contribution in [-0.4, -0.2) is 49.0 Å². The second-order valence-electron chi connectivity index (χ2n) is 5.27. The summed E-state index contributed by atoms with van der Waals surface area (Å²) in [6.07, 6.45) is 1.32. The molecule has 6 heteroatoms. The number of aliphatic carboxylic acids is 1. The van der Waals surface area contributed by atoms with E-state index in [1.807, 2.05) is 18.2 Å². The predicted molar refractivity (Wildman–Crippen MR) is 86.5 cm³/mol. The van der Waals surface area contributed by atoms with Gasteiger partial charge in [0.1, 0.15) is 5.75 Å². The number of carboxylic acid groups (broad SMARTS) is 1. The molecule has 0 aliphatic carbocycles. The summed E-state index contributed by atoms with van der Waals surface area (Å²) in [6, 6.07) is 5.31. The number of aliphatic hydroxyl groups excluding tert-OH is 1. The standard InChI is InChI=1S/C16H26N2O4/c1-3-6-18(7-8-19)14-4-5-15(22-2)12(10-14)9-13(17)11-16(20)21/h4-5,10,13,19H,3,6-9,11,17H2,1-2H3,(H,20,21). The van der Waals surface area contributed by atoms with E-state index in [9.17, 15) is 9.90 Å². The third kappa shape index (κ3) is 5.54. The molecule has 1 atom stereocenters. The van der Waals surface area contributed by atoms with Gasteiger partial charge in [0, 0.05) is 24.8 Å². The minimum atomic E-state index is -0.907. The summed E-state index contributed by atoms with van der Waals surface area (Å²) >= 11 is 0. The largest absolute Gasteiger partial charge is 0.496 e. The highest BCUT2D eigenvalue weighted by Gasteiger charge is 2.14. The molecule has 0 radical (unpaired) electrons. The van der Waals surface area contributed by atoms with Crippen LogP contribution in [0.3, 0.4) is 0 Å². The zero-order valence-electron chi connectivity index (χ0n) is 13.3. The highest BCUT2D eigenvalue weighted by molar-refractivity contribution is 5.67. The van der Waals surface area contributed by atoms with Crippen LogP contribution in [0.5, 0.6) is 5.75 Å². The molecule has 0 aromatic heterocycles. The highest BCUT2D eigenvalue weighted by atomic mass is 16.5. The monoisotopic (exact) mass is 310 g/mol. The Morgan fingerprint density at radius 2 is 2.14 bits per heavy atom. The lowest BCUT2D eigenvalue weighted by atomic mass is 10.0. The van der Waals surface area contributed by atoms with Crippen LogP contribution in [0.2, 0.25) is 0 Å². The van der Waals surface area contributed by atoms with Crippen LogP contribution in [-0.2, 0) is 11.2 Å². The molecule has 1 aromatic rings. The number of anilines is 1. The maximum atomic E-state index is 10.8. The smallest absolute Gasteiger partial charge is 0.304 e. The molecule has 0 aliphatic heterocycles. The SMILES string of the molecule is CCCN(CCO)c1ccc(OC)c(CC(N)CC(=O)O)c1. The van der Waals surface area contributed by atoms with E-state index in [4.69, 9.17) is 15.6 Å². The van der Waals surface area contributed by atoms with Gasteiger partial charge in [0.25, 0.3) is 0 Å². The summed E-state index contributed by atoms with van der Waals surface area (Å²) < 4.78 is 5.33. The molecule has 22 heavy (non-hydrogen) atoms. The number of hydrogen-bond donors (Lipinski definition) is 3. The lowest BCUT2D eigenvalue weighted by molar-refractivity contribution is -0.137. The number of rotatable bonds is 10. The van der Waals surface area contributed by atoms with Crippen molar-refractivity contribution >= 4 is 11.7 Å². The number of carbonyl (C=O) groups is 1. The topological polar surface area (TPSA) is 96.0 Å². The first kappa shape index (κ1) is 18.3. The molecule has 0 spiro atoms. The zero-order valence-corrected chi connectivity index (χ0v) is 13.3. The minimum absolute atomic E-state index is 0.0807. The molecule has 0 saturated heterocycles. The predicted octanol–water partition coefficient (Wildman–Crippen LogP) is 1.25. The third-order valence-corrected chi connectivity index (χ3v) is 3.41. The van der Waals surface area contributed by atoms with Crippen molar-refractivity contribution in [2.75, 3.05) is 31.7 Å². The van der Waals surface area contributed by atoms with E-state index in [0.717, 1.165) is 24.2 Å². The Morgan fingerprint density at radius 3 is 2.68 bits per heavy atom. The van der Waals surface area contributed by atoms with Gasteiger partial charge in [-0.05, 0) is 36.6 Å². The van der Waals surface area contributed by atoms with Crippen LogP contribution in [0.4, 0.5) is 5.69 Å². The molecule has 0 saturated carbocycles. The van der Waals surface area contributed by atoms with E-state index in [1.165, 1.54) is 0 Å². The zero-order chi connectivity index (χ0) is 16.5. The summed E-state index contributed by atoms with van der Waals surface area (Å²) in [5.41, 5.74) is 7.75. The van der Waals surface area contributed by atoms with Crippen LogP contribution < -0.4 is 15.4 Å². The summed E-state index contributed by atoms with van der Waals surface area (Å²) in [6.45, 7) is 3.56. The number of hydrogen-bond acceptors (Lipinski definition) is 5. The van der Waals surface area contributed by atoms with E-state index < -0.39 is 12.0 Å². The Morgan fingerprint density at radius 1 is 1.41 bits per heavy atom. The number of benzene rings is 1. The summed E-state index contributed by atoms with van der Waals surface area (Å²) in [7, 11) is 1.58. The molecule has 0 heterocycles. The third-order valence-electron chi connectivity index (χ3n) is 3.41. The fourth-order valence-electron chi connectivity index (χ4n) is 2.46. The van der Waals surface area contributed by atoms with Gasteiger partial charge in [-0.15, -0.1) is 0 Å². The molecule has 4 N–H and O–H groups in total. The van der Waals surface area contributed by atoms with Gasteiger partial charge in [0.15, 0.2) is 0 Å². The van der Waals surface area contributed by atoms with Crippen molar-refractivity contribution in [3.63, 3.8) is 0 Å². The average Bonchev–Trinajstić information content (AvgIpc) is 2.46. The number of nitrogens with zero attached hydrogens (tertiary/aromatic N) is 1. The first-order chi connectivity index (χ1) is 10.5. The van der Waals surface area contributed by atoms with Gasteiger partial charge in [0.05, 0.1) is 20.1 Å². The van der Waals surface area contributed by atoms with E-state index in [2.05, 4.69) is 11.8 Å². The average molecular weight is 310 g/mol. The maximum Gasteiger partial charge on any atom is 0.304 e. The molecule has 0 aliphatic rings. The van der Waals surface area contributed by atoms with Crippen molar-refractivity contribution in [1.82, 2.24) is 0 Å². The number of carboxylic acids is 1. The molecule has 0 amide bonds. The molecule has 0 fully saturated rings. The molecule has 1 rings (SSSR count). The van der Waals surface area contributed by atoms with Gasteiger partial charge in [-0.1, -0.05) is 6.92 Å². The molecule has 1 aromatic carbocycles. The highest BCUT2D eigenvalue weighted by Crippen LogP contribution is 2.26. The van der Waals surface area contributed by atoms with E-state index in [1.54, 1.807) is 7.11 Å². The summed E-state index contributed by atoms with van der Waals surface area (Å²) in [4.78, 5) is 12.8. The summed E-state index contributed by atoms with van der Waals surface area (Å²) in [5.74, 6) is -0.208. The second-order valence-corrected chi connectivity index (χ2v) is 5.27. The Labute approximate surface area is 131 Å². The Kier molecular flexibility index (Phi) is 7.70. The van der Waals surface area contributed by atoms with Gasteiger partial charge >= 0.3 is 5.97 Å². The van der Waals surface area contributed by atoms with E-state index in [0.29, 0.717) is 18.7 Å². The van der Waals surface area contributed by atoms with Crippen LogP contribution in [0.15, 0.2) is 18.2 Å². The van der Waals surface area contributed by atoms with Crippen molar-refractivity contribution in [1.29, 1.82) is 0 Å². The van der Waals surface area contributed by atoms with Gasteiger partial charge < -0.3 is 25.6 Å². The lowest BCUT2D eigenvalue weighted by Gasteiger charge is -2.25. The number of nitrogens with two attached hydrogens (primary N) is 1.